The third-order valence-corrected chi connectivity index (χ3v) is 5.73. The predicted molar refractivity (Wildman–Crippen MR) is 148 cm³/mol. The van der Waals surface area contributed by atoms with Crippen LogP contribution in [0.15, 0.2) is 59.4 Å². The van der Waals surface area contributed by atoms with Crippen LogP contribution < -0.4 is 20.7 Å². The van der Waals surface area contributed by atoms with Gasteiger partial charge in [0.25, 0.3) is 0 Å². The van der Waals surface area contributed by atoms with E-state index in [0.29, 0.717) is 37.0 Å². The number of carbonyl (C=O) groups excluding carboxylic acids is 1. The Balaban J connectivity index is 1.36. The number of ether oxygens (including phenoxy) is 2. The van der Waals surface area contributed by atoms with E-state index < -0.39 is 6.03 Å². The minimum absolute atomic E-state index is 0.193. The summed E-state index contributed by atoms with van der Waals surface area (Å²) < 4.78 is 18.9. The number of nitrogens with one attached hydrogen (secondary N) is 3. The molecular formula is C28H36N6O4. The highest BCUT2D eigenvalue weighted by molar-refractivity contribution is 5.99. The summed E-state index contributed by atoms with van der Waals surface area (Å²) in [7, 11) is 0. The van der Waals surface area contributed by atoms with Crippen molar-refractivity contribution in [3.8, 4) is 11.4 Å². The quantitative estimate of drug-likeness (QED) is 0.216. The lowest BCUT2D eigenvalue weighted by atomic mass is 9.93. The number of anilines is 2. The predicted octanol–water partition coefficient (Wildman–Crippen LogP) is 5.35. The molecule has 0 atom stereocenters. The molecule has 0 unspecified atom stereocenters. The van der Waals surface area contributed by atoms with E-state index >= 15 is 0 Å². The fourth-order valence-electron chi connectivity index (χ4n) is 3.77. The number of urea groups is 1. The number of para-hydroxylation sites is 1. The Kier molecular flexibility index (Phi) is 8.98. The zero-order valence-electron chi connectivity index (χ0n) is 22.4. The van der Waals surface area contributed by atoms with Gasteiger partial charge in [0.1, 0.15) is 30.0 Å². The van der Waals surface area contributed by atoms with E-state index in [4.69, 9.17) is 14.0 Å². The second-order valence-electron chi connectivity index (χ2n) is 9.90. The van der Waals surface area contributed by atoms with Gasteiger partial charge in [-0.1, -0.05) is 38.9 Å². The van der Waals surface area contributed by atoms with Gasteiger partial charge in [-0.15, -0.1) is 0 Å². The molecule has 0 spiro atoms. The maximum absolute atomic E-state index is 12.4. The number of aromatic nitrogens is 3. The molecule has 4 rings (SSSR count). The van der Waals surface area contributed by atoms with Crippen LogP contribution in [-0.2, 0) is 10.2 Å². The summed E-state index contributed by atoms with van der Waals surface area (Å²) in [6.07, 6.45) is 2.80. The van der Waals surface area contributed by atoms with Crippen molar-refractivity contribution in [3.63, 3.8) is 0 Å². The zero-order valence-corrected chi connectivity index (χ0v) is 22.4. The standard InChI is InChI=1S/C28H36N6O4/c1-5-15-36-16-13-29-14-17-37-23-8-6-7-22-26(23)34(19-30-22)21-11-9-20(10-12-21)31-27(35)32-25-18-24(38-33-25)28(2,3)4/h6-12,18-19,29H,5,13-17H2,1-4H3,(H2,31,32,33,35). The Bertz CT molecular complexity index is 1320. The van der Waals surface area contributed by atoms with Crippen molar-refractivity contribution >= 4 is 28.6 Å². The molecule has 2 heterocycles. The van der Waals surface area contributed by atoms with Gasteiger partial charge >= 0.3 is 6.03 Å². The number of fused-ring (bicyclic) bond motifs is 1. The highest BCUT2D eigenvalue weighted by Crippen LogP contribution is 2.28. The van der Waals surface area contributed by atoms with Gasteiger partial charge in [0, 0.05) is 42.6 Å². The molecule has 38 heavy (non-hydrogen) atoms. The van der Waals surface area contributed by atoms with Crippen molar-refractivity contribution in [1.82, 2.24) is 20.0 Å². The number of benzene rings is 2. The van der Waals surface area contributed by atoms with Crippen molar-refractivity contribution in [3.05, 3.63) is 60.6 Å². The molecule has 0 aliphatic carbocycles. The molecule has 2 amide bonds. The highest BCUT2D eigenvalue weighted by Gasteiger charge is 2.20. The van der Waals surface area contributed by atoms with E-state index in [0.717, 1.165) is 42.0 Å². The molecule has 202 valence electrons. The van der Waals surface area contributed by atoms with E-state index in [1.54, 1.807) is 12.4 Å². The van der Waals surface area contributed by atoms with Crippen molar-refractivity contribution in [2.75, 3.05) is 43.5 Å². The average molecular weight is 521 g/mol. The second kappa shape index (κ2) is 12.6. The van der Waals surface area contributed by atoms with E-state index in [9.17, 15) is 4.79 Å². The van der Waals surface area contributed by atoms with Gasteiger partial charge in [0.05, 0.1) is 12.1 Å². The first-order chi connectivity index (χ1) is 18.3. The van der Waals surface area contributed by atoms with Crippen LogP contribution in [0.4, 0.5) is 16.3 Å². The molecular weight excluding hydrogens is 484 g/mol. The van der Waals surface area contributed by atoms with Gasteiger partial charge in [-0.3, -0.25) is 9.88 Å². The number of rotatable bonds is 12. The monoisotopic (exact) mass is 520 g/mol. The second-order valence-corrected chi connectivity index (χ2v) is 9.90. The first kappa shape index (κ1) is 27.2. The Morgan fingerprint density at radius 3 is 2.55 bits per heavy atom. The van der Waals surface area contributed by atoms with Crippen LogP contribution in [0.5, 0.6) is 5.75 Å². The number of imidazole rings is 1. The summed E-state index contributed by atoms with van der Waals surface area (Å²) in [5.74, 6) is 1.82. The summed E-state index contributed by atoms with van der Waals surface area (Å²) in [4.78, 5) is 17.0. The van der Waals surface area contributed by atoms with Crippen LogP contribution in [0.2, 0.25) is 0 Å². The van der Waals surface area contributed by atoms with Crippen LogP contribution in [0.3, 0.4) is 0 Å². The number of nitrogens with zero attached hydrogens (tertiary/aromatic N) is 3. The lowest BCUT2D eigenvalue weighted by Gasteiger charge is -2.12. The maximum Gasteiger partial charge on any atom is 0.324 e. The van der Waals surface area contributed by atoms with E-state index in [2.05, 4.69) is 33.0 Å². The summed E-state index contributed by atoms with van der Waals surface area (Å²) in [6, 6.07) is 14.7. The minimum atomic E-state index is -0.402. The van der Waals surface area contributed by atoms with Gasteiger partial charge in [0.2, 0.25) is 0 Å². The van der Waals surface area contributed by atoms with Crippen molar-refractivity contribution in [1.29, 1.82) is 0 Å². The Hall–Kier alpha value is -3.89. The molecule has 10 nitrogen and oxygen atoms in total. The molecule has 0 saturated heterocycles. The molecule has 0 bridgehead atoms. The highest BCUT2D eigenvalue weighted by atomic mass is 16.5. The summed E-state index contributed by atoms with van der Waals surface area (Å²) >= 11 is 0. The summed E-state index contributed by atoms with van der Waals surface area (Å²) in [6.45, 7) is 11.7. The van der Waals surface area contributed by atoms with Gasteiger partial charge in [-0.2, -0.15) is 0 Å². The molecule has 4 aromatic rings. The van der Waals surface area contributed by atoms with E-state index in [1.165, 1.54) is 0 Å². The number of carbonyl (C=O) groups is 1. The van der Waals surface area contributed by atoms with Crippen LogP contribution in [0.1, 0.15) is 39.9 Å². The van der Waals surface area contributed by atoms with Crippen LogP contribution in [0, 0.1) is 0 Å². The average Bonchev–Trinajstić information content (AvgIpc) is 3.54. The molecule has 10 heteroatoms. The third kappa shape index (κ3) is 7.11. The molecule has 2 aromatic carbocycles. The smallest absolute Gasteiger partial charge is 0.324 e. The molecule has 0 aliphatic heterocycles. The van der Waals surface area contributed by atoms with Crippen molar-refractivity contribution in [2.24, 2.45) is 0 Å². The third-order valence-electron chi connectivity index (χ3n) is 5.73. The Morgan fingerprint density at radius 2 is 1.82 bits per heavy atom. The van der Waals surface area contributed by atoms with Crippen LogP contribution >= 0.6 is 0 Å². The van der Waals surface area contributed by atoms with E-state index in [-0.39, 0.29) is 5.41 Å². The number of amides is 2. The van der Waals surface area contributed by atoms with E-state index in [1.807, 2.05) is 67.8 Å². The first-order valence-electron chi connectivity index (χ1n) is 12.9. The van der Waals surface area contributed by atoms with Crippen molar-refractivity contribution < 1.29 is 18.8 Å². The Morgan fingerprint density at radius 1 is 1.03 bits per heavy atom. The minimum Gasteiger partial charge on any atom is -0.490 e. The van der Waals surface area contributed by atoms with Gasteiger partial charge in [0.15, 0.2) is 5.82 Å². The zero-order chi connectivity index (χ0) is 27.0. The summed E-state index contributed by atoms with van der Waals surface area (Å²) in [5.41, 5.74) is 3.07. The maximum atomic E-state index is 12.4. The van der Waals surface area contributed by atoms with Crippen LogP contribution in [-0.4, -0.2) is 53.6 Å². The summed E-state index contributed by atoms with van der Waals surface area (Å²) in [5, 5.41) is 12.8. The number of hydrogen-bond donors (Lipinski definition) is 3. The molecule has 2 aromatic heterocycles. The molecule has 0 radical (unpaired) electrons. The van der Waals surface area contributed by atoms with Gasteiger partial charge < -0.3 is 24.6 Å². The fourth-order valence-corrected chi connectivity index (χ4v) is 3.77. The SMILES string of the molecule is CCCOCCNCCOc1cccc2ncn(-c3ccc(NC(=O)Nc4cc(C(C)(C)C)on4)cc3)c12. The fraction of sp³-hybridized carbons (Fsp3) is 0.393. The molecule has 0 fully saturated rings. The molecule has 0 saturated carbocycles. The lowest BCUT2D eigenvalue weighted by Crippen LogP contribution is -2.25. The largest absolute Gasteiger partial charge is 0.490 e. The Labute approximate surface area is 222 Å². The van der Waals surface area contributed by atoms with Gasteiger partial charge in [-0.05, 0) is 42.8 Å². The topological polar surface area (TPSA) is 115 Å². The first-order valence-corrected chi connectivity index (χ1v) is 12.9. The lowest BCUT2D eigenvalue weighted by molar-refractivity contribution is 0.135. The van der Waals surface area contributed by atoms with Gasteiger partial charge in [-0.25, -0.2) is 9.78 Å². The number of hydrogen-bond acceptors (Lipinski definition) is 7. The molecule has 0 aliphatic rings. The van der Waals surface area contributed by atoms with Crippen LogP contribution in [0.25, 0.3) is 16.7 Å². The van der Waals surface area contributed by atoms with Crippen molar-refractivity contribution in [2.45, 2.75) is 39.5 Å². The normalized spacial score (nSPS) is 11.6. The molecule has 3 N–H and O–H groups in total.